The van der Waals surface area contributed by atoms with Gasteiger partial charge in [-0.3, -0.25) is 0 Å². The van der Waals surface area contributed by atoms with Gasteiger partial charge < -0.3 is 14.2 Å². The standard InChI is InChI=1S/C23H20O6/c1-4-29-23(26)19-17(14-10-6-5-7-11-14)15-12-8-9-13-16(15)18(21(24)27-2)20(19)22(25)28-3/h5-13H,4H2,1-3H3. The Balaban J connectivity index is 2.60. The van der Waals surface area contributed by atoms with Gasteiger partial charge in [0.15, 0.2) is 0 Å². The van der Waals surface area contributed by atoms with Gasteiger partial charge in [-0.05, 0) is 23.3 Å². The highest BCUT2D eigenvalue weighted by atomic mass is 16.5. The van der Waals surface area contributed by atoms with E-state index in [9.17, 15) is 14.4 Å². The van der Waals surface area contributed by atoms with Crippen LogP contribution in [0.2, 0.25) is 0 Å². The maximum atomic E-state index is 13.0. The third-order valence-electron chi connectivity index (χ3n) is 4.54. The van der Waals surface area contributed by atoms with Crippen LogP contribution in [0.1, 0.15) is 38.0 Å². The predicted molar refractivity (Wildman–Crippen MR) is 108 cm³/mol. The number of carbonyl (C=O) groups is 3. The maximum Gasteiger partial charge on any atom is 0.339 e. The molecule has 0 unspecified atom stereocenters. The smallest absolute Gasteiger partial charge is 0.339 e. The first-order valence-corrected chi connectivity index (χ1v) is 9.03. The lowest BCUT2D eigenvalue weighted by Gasteiger charge is -2.19. The van der Waals surface area contributed by atoms with E-state index in [4.69, 9.17) is 14.2 Å². The van der Waals surface area contributed by atoms with Gasteiger partial charge in [0.1, 0.15) is 0 Å². The van der Waals surface area contributed by atoms with E-state index in [1.54, 1.807) is 31.2 Å². The average molecular weight is 392 g/mol. The Morgan fingerprint density at radius 1 is 0.690 bits per heavy atom. The monoisotopic (exact) mass is 392 g/mol. The zero-order valence-electron chi connectivity index (χ0n) is 16.4. The third kappa shape index (κ3) is 3.57. The third-order valence-corrected chi connectivity index (χ3v) is 4.54. The molecule has 0 bridgehead atoms. The lowest BCUT2D eigenvalue weighted by atomic mass is 9.85. The van der Waals surface area contributed by atoms with Crippen molar-refractivity contribution in [2.75, 3.05) is 20.8 Å². The lowest BCUT2D eigenvalue weighted by molar-refractivity contribution is 0.0500. The fourth-order valence-corrected chi connectivity index (χ4v) is 3.37. The van der Waals surface area contributed by atoms with Gasteiger partial charge >= 0.3 is 17.9 Å². The summed E-state index contributed by atoms with van der Waals surface area (Å²) in [6.45, 7) is 1.77. The number of ether oxygens (including phenoxy) is 3. The number of methoxy groups -OCH3 is 2. The molecule has 0 atom stereocenters. The van der Waals surface area contributed by atoms with Crippen molar-refractivity contribution >= 4 is 28.7 Å². The molecule has 0 saturated heterocycles. The summed E-state index contributed by atoms with van der Waals surface area (Å²) in [5.41, 5.74) is 0.970. The minimum atomic E-state index is -0.823. The first-order chi connectivity index (χ1) is 14.0. The van der Waals surface area contributed by atoms with Crippen LogP contribution in [0.3, 0.4) is 0 Å². The summed E-state index contributed by atoms with van der Waals surface area (Å²) in [5, 5.41) is 1.10. The minimum absolute atomic E-state index is 0.0241. The van der Waals surface area contributed by atoms with E-state index in [-0.39, 0.29) is 23.3 Å². The minimum Gasteiger partial charge on any atom is -0.465 e. The van der Waals surface area contributed by atoms with Crippen LogP contribution in [0.25, 0.3) is 21.9 Å². The molecule has 0 aliphatic rings. The van der Waals surface area contributed by atoms with Crippen molar-refractivity contribution in [2.24, 2.45) is 0 Å². The van der Waals surface area contributed by atoms with E-state index in [1.165, 1.54) is 14.2 Å². The van der Waals surface area contributed by atoms with E-state index in [2.05, 4.69) is 0 Å². The molecule has 0 aromatic heterocycles. The zero-order chi connectivity index (χ0) is 21.0. The highest BCUT2D eigenvalue weighted by Crippen LogP contribution is 2.38. The SMILES string of the molecule is CCOC(=O)c1c(C(=O)OC)c(C(=O)OC)c2ccccc2c1-c1ccccc1. The first kappa shape index (κ1) is 20.1. The van der Waals surface area contributed by atoms with Crippen LogP contribution in [0.4, 0.5) is 0 Å². The number of rotatable bonds is 5. The van der Waals surface area contributed by atoms with Gasteiger partial charge in [-0.15, -0.1) is 0 Å². The largest absolute Gasteiger partial charge is 0.465 e. The lowest BCUT2D eigenvalue weighted by Crippen LogP contribution is -2.20. The van der Waals surface area contributed by atoms with Crippen molar-refractivity contribution in [2.45, 2.75) is 6.92 Å². The van der Waals surface area contributed by atoms with Gasteiger partial charge in [-0.25, -0.2) is 14.4 Å². The van der Waals surface area contributed by atoms with E-state index in [1.807, 2.05) is 30.3 Å². The van der Waals surface area contributed by atoms with Crippen LogP contribution in [0.5, 0.6) is 0 Å². The Morgan fingerprint density at radius 2 is 1.24 bits per heavy atom. The summed E-state index contributed by atoms with van der Waals surface area (Å²) in [6, 6.07) is 16.2. The summed E-state index contributed by atoms with van der Waals surface area (Å²) in [6.07, 6.45) is 0. The second kappa shape index (κ2) is 8.56. The molecule has 0 amide bonds. The molecule has 3 rings (SSSR count). The predicted octanol–water partition coefficient (Wildman–Crippen LogP) is 4.26. The van der Waals surface area contributed by atoms with E-state index in [0.29, 0.717) is 21.9 Å². The van der Waals surface area contributed by atoms with E-state index >= 15 is 0 Å². The molecule has 0 heterocycles. The molecule has 3 aromatic carbocycles. The number of hydrogen-bond acceptors (Lipinski definition) is 6. The Kier molecular flexibility index (Phi) is 5.93. The molecule has 0 N–H and O–H groups in total. The number of esters is 3. The van der Waals surface area contributed by atoms with Crippen LogP contribution in [-0.4, -0.2) is 38.7 Å². The van der Waals surface area contributed by atoms with Gasteiger partial charge in [0, 0.05) is 5.56 Å². The van der Waals surface area contributed by atoms with Gasteiger partial charge in [0.2, 0.25) is 0 Å². The fourth-order valence-electron chi connectivity index (χ4n) is 3.37. The summed E-state index contributed by atoms with van der Waals surface area (Å²) < 4.78 is 15.1. The van der Waals surface area contributed by atoms with Crippen molar-refractivity contribution in [1.29, 1.82) is 0 Å². The van der Waals surface area contributed by atoms with Crippen molar-refractivity contribution < 1.29 is 28.6 Å². The number of carbonyl (C=O) groups excluding carboxylic acids is 3. The van der Waals surface area contributed by atoms with Crippen molar-refractivity contribution in [3.63, 3.8) is 0 Å². The number of fused-ring (bicyclic) bond motifs is 1. The molecule has 0 aliphatic carbocycles. The first-order valence-electron chi connectivity index (χ1n) is 9.03. The molecular formula is C23H20O6. The molecule has 0 aliphatic heterocycles. The van der Waals surface area contributed by atoms with Gasteiger partial charge in [0.25, 0.3) is 0 Å². The molecule has 0 spiro atoms. The summed E-state index contributed by atoms with van der Waals surface area (Å²) in [4.78, 5) is 38.4. The van der Waals surface area contributed by atoms with Gasteiger partial charge in [-0.1, -0.05) is 54.6 Å². The number of benzene rings is 3. The van der Waals surface area contributed by atoms with Crippen molar-refractivity contribution in [1.82, 2.24) is 0 Å². The average Bonchev–Trinajstić information content (AvgIpc) is 2.77. The molecule has 3 aromatic rings. The highest BCUT2D eigenvalue weighted by Gasteiger charge is 2.33. The molecule has 6 nitrogen and oxygen atoms in total. The van der Waals surface area contributed by atoms with Gasteiger partial charge in [-0.2, -0.15) is 0 Å². The summed E-state index contributed by atoms with van der Waals surface area (Å²) in [5.74, 6) is -2.29. The molecule has 148 valence electrons. The molecular weight excluding hydrogens is 372 g/mol. The molecule has 0 fully saturated rings. The summed E-state index contributed by atoms with van der Waals surface area (Å²) in [7, 11) is 2.41. The van der Waals surface area contributed by atoms with Crippen molar-refractivity contribution in [3.8, 4) is 11.1 Å². The Bertz CT molecular complexity index is 1090. The number of hydrogen-bond donors (Lipinski definition) is 0. The summed E-state index contributed by atoms with van der Waals surface area (Å²) >= 11 is 0. The van der Waals surface area contributed by atoms with Crippen LogP contribution in [-0.2, 0) is 14.2 Å². The van der Waals surface area contributed by atoms with Crippen molar-refractivity contribution in [3.05, 3.63) is 71.3 Å². The van der Waals surface area contributed by atoms with Crippen LogP contribution >= 0.6 is 0 Å². The maximum absolute atomic E-state index is 13.0. The van der Waals surface area contributed by atoms with Crippen LogP contribution in [0.15, 0.2) is 54.6 Å². The Labute approximate surface area is 168 Å². The molecule has 0 saturated carbocycles. The quantitative estimate of drug-likeness (QED) is 0.477. The van der Waals surface area contributed by atoms with Crippen LogP contribution in [0, 0.1) is 0 Å². The second-order valence-corrected chi connectivity index (χ2v) is 6.12. The zero-order valence-corrected chi connectivity index (χ0v) is 16.4. The fraction of sp³-hybridized carbons (Fsp3) is 0.174. The second-order valence-electron chi connectivity index (χ2n) is 6.12. The Morgan fingerprint density at radius 3 is 1.83 bits per heavy atom. The molecule has 6 heteroatoms. The van der Waals surface area contributed by atoms with Gasteiger partial charge in [0.05, 0.1) is 37.5 Å². The van der Waals surface area contributed by atoms with E-state index < -0.39 is 17.9 Å². The Hall–Kier alpha value is -3.67. The highest BCUT2D eigenvalue weighted by molar-refractivity contribution is 6.23. The van der Waals surface area contributed by atoms with Crippen LogP contribution < -0.4 is 0 Å². The topological polar surface area (TPSA) is 78.9 Å². The normalized spacial score (nSPS) is 10.4. The van der Waals surface area contributed by atoms with E-state index in [0.717, 1.165) is 0 Å². The molecule has 0 radical (unpaired) electrons. The molecule has 29 heavy (non-hydrogen) atoms.